The summed E-state index contributed by atoms with van der Waals surface area (Å²) >= 11 is -2.56. The topological polar surface area (TPSA) is 107 Å². The van der Waals surface area contributed by atoms with E-state index in [1.807, 2.05) is 4.72 Å². The van der Waals surface area contributed by atoms with Crippen molar-refractivity contribution < 1.29 is 21.7 Å². The first kappa shape index (κ1) is 12.8. The normalized spacial score (nSPS) is 13.1. The van der Waals surface area contributed by atoms with Crippen LogP contribution in [0.1, 0.15) is 5.56 Å². The molecule has 0 heterocycles. The lowest BCUT2D eigenvalue weighted by Crippen LogP contribution is -2.05. The van der Waals surface area contributed by atoms with E-state index in [9.17, 15) is 17.2 Å². The van der Waals surface area contributed by atoms with Gasteiger partial charge in [-0.15, -0.1) is 0 Å². The van der Waals surface area contributed by atoms with Crippen molar-refractivity contribution in [1.29, 1.82) is 0 Å². The van der Waals surface area contributed by atoms with Crippen LogP contribution < -0.4 is 4.72 Å². The summed E-state index contributed by atoms with van der Waals surface area (Å²) in [5.74, 6) is 0. The Bertz CT molecular complexity index is 537. The van der Waals surface area contributed by atoms with Gasteiger partial charge < -0.3 is 9.27 Å². The van der Waals surface area contributed by atoms with E-state index < -0.39 is 26.3 Å². The first-order valence-electron chi connectivity index (χ1n) is 3.94. The van der Waals surface area contributed by atoms with Crippen molar-refractivity contribution in [2.45, 2.75) is 4.90 Å². The molecule has 0 radical (unpaired) electrons. The van der Waals surface area contributed by atoms with Crippen molar-refractivity contribution in [2.75, 3.05) is 4.72 Å². The second kappa shape index (κ2) is 4.74. The van der Waals surface area contributed by atoms with Gasteiger partial charge in [0.2, 0.25) is 0 Å². The molecule has 1 aromatic rings. The fraction of sp³-hybridized carbons (Fsp3) is 0. The molecule has 1 unspecified atom stereocenters. The van der Waals surface area contributed by atoms with Crippen LogP contribution in [0.25, 0.3) is 6.08 Å². The van der Waals surface area contributed by atoms with E-state index in [1.165, 1.54) is 18.2 Å². The van der Waals surface area contributed by atoms with Crippen LogP contribution in [-0.2, 0) is 21.4 Å². The number of benzene rings is 1. The van der Waals surface area contributed by atoms with Crippen LogP contribution in [0.15, 0.2) is 29.7 Å². The van der Waals surface area contributed by atoms with E-state index in [0.717, 1.165) is 6.07 Å². The zero-order chi connectivity index (χ0) is 12.3. The molecule has 0 aromatic heterocycles. The Morgan fingerprint density at radius 3 is 2.56 bits per heavy atom. The molecule has 0 fully saturated rings. The number of anilines is 1. The number of nitrogens with one attached hydrogen (secondary N) is 1. The third-order valence-electron chi connectivity index (χ3n) is 1.71. The zero-order valence-electron chi connectivity index (χ0n) is 7.91. The SMILES string of the molecule is C=Cc1ccc(NS(=O)[O-])cc1S(=O)(=O)O. The Hall–Kier alpha value is -1.22. The number of hydrogen-bond acceptors (Lipinski definition) is 4. The largest absolute Gasteiger partial charge is 0.755 e. The molecule has 2 N–H and O–H groups in total. The van der Waals surface area contributed by atoms with Crippen molar-refractivity contribution in [3.8, 4) is 0 Å². The van der Waals surface area contributed by atoms with Gasteiger partial charge in [0.25, 0.3) is 10.1 Å². The molecule has 16 heavy (non-hydrogen) atoms. The highest BCUT2D eigenvalue weighted by Crippen LogP contribution is 2.21. The van der Waals surface area contributed by atoms with Crippen molar-refractivity contribution in [1.82, 2.24) is 0 Å². The van der Waals surface area contributed by atoms with Gasteiger partial charge in [-0.3, -0.25) is 8.76 Å². The van der Waals surface area contributed by atoms with E-state index in [0.29, 0.717) is 0 Å². The van der Waals surface area contributed by atoms with E-state index in [1.54, 1.807) is 0 Å². The number of hydrogen-bond donors (Lipinski definition) is 2. The summed E-state index contributed by atoms with van der Waals surface area (Å²) in [6.45, 7) is 3.38. The minimum absolute atomic E-state index is 0.0339. The third-order valence-corrected chi connectivity index (χ3v) is 3.02. The Labute approximate surface area is 95.2 Å². The molecule has 1 atom stereocenters. The maximum Gasteiger partial charge on any atom is 0.295 e. The second-order valence-electron chi connectivity index (χ2n) is 2.77. The van der Waals surface area contributed by atoms with Crippen LogP contribution in [0.5, 0.6) is 0 Å². The molecule has 0 aliphatic rings. The molecule has 0 aliphatic heterocycles. The summed E-state index contributed by atoms with van der Waals surface area (Å²) in [5.41, 5.74) is 0.219. The molecule has 1 aromatic carbocycles. The van der Waals surface area contributed by atoms with Crippen molar-refractivity contribution in [3.05, 3.63) is 30.3 Å². The predicted molar refractivity (Wildman–Crippen MR) is 58.9 cm³/mol. The average Bonchev–Trinajstić information content (AvgIpc) is 2.15. The molecule has 6 nitrogen and oxygen atoms in total. The van der Waals surface area contributed by atoms with Gasteiger partial charge in [-0.05, 0) is 17.7 Å². The highest BCUT2D eigenvalue weighted by Gasteiger charge is 2.14. The van der Waals surface area contributed by atoms with E-state index >= 15 is 0 Å². The van der Waals surface area contributed by atoms with Gasteiger partial charge in [0.15, 0.2) is 0 Å². The van der Waals surface area contributed by atoms with Crippen LogP contribution in [0.2, 0.25) is 0 Å². The number of rotatable bonds is 4. The molecule has 0 aliphatic carbocycles. The molecule has 0 saturated heterocycles. The van der Waals surface area contributed by atoms with Crippen LogP contribution in [0.3, 0.4) is 0 Å². The van der Waals surface area contributed by atoms with Gasteiger partial charge in [0.05, 0.1) is 0 Å². The monoisotopic (exact) mass is 262 g/mol. The van der Waals surface area contributed by atoms with E-state index in [4.69, 9.17) is 4.55 Å². The minimum atomic E-state index is -4.42. The molecule has 0 bridgehead atoms. The quantitative estimate of drug-likeness (QED) is 0.616. The standard InChI is InChI=1S/C8H9NO5S2/c1-2-6-3-4-7(9-15(10)11)5-8(6)16(12,13)14/h2-5,9H,1H2,(H,10,11)(H,12,13,14)/p-1. The fourth-order valence-electron chi connectivity index (χ4n) is 1.09. The van der Waals surface area contributed by atoms with Gasteiger partial charge in [-0.25, -0.2) is 0 Å². The van der Waals surface area contributed by atoms with Gasteiger partial charge in [0.1, 0.15) is 4.90 Å². The summed E-state index contributed by atoms with van der Waals surface area (Å²) in [4.78, 5) is -0.405. The lowest BCUT2D eigenvalue weighted by molar-refractivity contribution is 0.483. The van der Waals surface area contributed by atoms with Crippen LogP contribution in [0, 0.1) is 0 Å². The Kier molecular flexibility index (Phi) is 3.81. The van der Waals surface area contributed by atoms with Gasteiger partial charge in [-0.2, -0.15) is 8.42 Å². The molecule has 8 heteroatoms. The van der Waals surface area contributed by atoms with Crippen LogP contribution in [-0.4, -0.2) is 21.7 Å². The minimum Gasteiger partial charge on any atom is -0.755 e. The Morgan fingerprint density at radius 1 is 1.50 bits per heavy atom. The molecule has 1 rings (SSSR count). The zero-order valence-corrected chi connectivity index (χ0v) is 9.55. The Morgan fingerprint density at radius 2 is 2.12 bits per heavy atom. The lowest BCUT2D eigenvalue weighted by Gasteiger charge is -2.10. The lowest BCUT2D eigenvalue weighted by atomic mass is 10.2. The summed E-state index contributed by atoms with van der Waals surface area (Å²) < 4.78 is 53.5. The van der Waals surface area contributed by atoms with Gasteiger partial charge in [0, 0.05) is 17.0 Å². The molecular formula is C8H8NO5S2-. The maximum atomic E-state index is 11.0. The van der Waals surface area contributed by atoms with Crippen molar-refractivity contribution >= 4 is 33.1 Å². The molecule has 0 spiro atoms. The molecular weight excluding hydrogens is 254 g/mol. The summed E-state index contributed by atoms with van der Waals surface area (Å²) in [6.07, 6.45) is 1.24. The molecule has 88 valence electrons. The van der Waals surface area contributed by atoms with Crippen molar-refractivity contribution in [2.24, 2.45) is 0 Å². The first-order chi connectivity index (χ1) is 7.34. The summed E-state index contributed by atoms with van der Waals surface area (Å²) in [7, 11) is -4.42. The Balaban J connectivity index is 3.33. The molecule has 0 amide bonds. The highest BCUT2D eigenvalue weighted by atomic mass is 32.2. The van der Waals surface area contributed by atoms with Crippen LogP contribution in [0.4, 0.5) is 5.69 Å². The van der Waals surface area contributed by atoms with E-state index in [-0.39, 0.29) is 11.3 Å². The van der Waals surface area contributed by atoms with Gasteiger partial charge >= 0.3 is 0 Å². The van der Waals surface area contributed by atoms with E-state index in [2.05, 4.69) is 6.58 Å². The van der Waals surface area contributed by atoms with Gasteiger partial charge in [-0.1, -0.05) is 18.7 Å². The highest BCUT2D eigenvalue weighted by molar-refractivity contribution is 7.86. The summed E-state index contributed by atoms with van der Waals surface area (Å²) in [6, 6.07) is 3.68. The fourth-order valence-corrected chi connectivity index (χ4v) is 2.13. The first-order valence-corrected chi connectivity index (χ1v) is 6.46. The molecule has 0 saturated carbocycles. The average molecular weight is 262 g/mol. The smallest absolute Gasteiger partial charge is 0.295 e. The predicted octanol–water partition coefficient (Wildman–Crippen LogP) is 0.782. The second-order valence-corrected chi connectivity index (χ2v) is 4.83. The third kappa shape index (κ3) is 3.14. The van der Waals surface area contributed by atoms with Crippen molar-refractivity contribution in [3.63, 3.8) is 0 Å². The maximum absolute atomic E-state index is 11.0. The van der Waals surface area contributed by atoms with Crippen LogP contribution >= 0.6 is 0 Å². The summed E-state index contributed by atoms with van der Waals surface area (Å²) in [5, 5.41) is 0.